The highest BCUT2D eigenvalue weighted by molar-refractivity contribution is 9.10. The minimum absolute atomic E-state index is 0.465. The SMILES string of the molecule is CC(C)(C)[S+]([O-])N=CC(F)c1cccc(Br)c1. The van der Waals surface area contributed by atoms with Gasteiger partial charge in [-0.1, -0.05) is 32.5 Å². The average molecular weight is 320 g/mol. The van der Waals surface area contributed by atoms with Gasteiger partial charge < -0.3 is 4.55 Å². The fourth-order valence-electron chi connectivity index (χ4n) is 1.03. The van der Waals surface area contributed by atoms with Crippen molar-refractivity contribution < 1.29 is 8.94 Å². The van der Waals surface area contributed by atoms with Crippen LogP contribution in [0.4, 0.5) is 4.39 Å². The average Bonchev–Trinajstić information content (AvgIpc) is 2.24. The molecule has 0 fully saturated rings. The first-order chi connectivity index (χ1) is 7.80. The third kappa shape index (κ3) is 4.77. The second-order valence-electron chi connectivity index (χ2n) is 4.57. The first-order valence-electron chi connectivity index (χ1n) is 5.16. The van der Waals surface area contributed by atoms with Gasteiger partial charge in [0.05, 0.1) is 6.21 Å². The molecule has 0 bridgehead atoms. The maximum absolute atomic E-state index is 13.8. The molecule has 0 aliphatic heterocycles. The Morgan fingerprint density at radius 1 is 1.47 bits per heavy atom. The molecule has 0 saturated carbocycles. The smallest absolute Gasteiger partial charge is 0.165 e. The molecule has 94 valence electrons. The second-order valence-corrected chi connectivity index (χ2v) is 7.42. The van der Waals surface area contributed by atoms with E-state index >= 15 is 0 Å². The van der Waals surface area contributed by atoms with Crippen molar-refractivity contribution in [3.05, 3.63) is 34.3 Å². The Bertz CT molecular complexity index is 406. The summed E-state index contributed by atoms with van der Waals surface area (Å²) < 4.78 is 29.5. The predicted octanol–water partition coefficient (Wildman–Crippen LogP) is 3.99. The standard InChI is InChI=1S/C12H15BrFNOS/c1-12(2,3)17(16)15-8-11(14)9-5-4-6-10(13)7-9/h4-8,11H,1-3H3. The highest BCUT2D eigenvalue weighted by Gasteiger charge is 2.26. The van der Waals surface area contributed by atoms with E-state index in [0.29, 0.717) is 5.56 Å². The first kappa shape index (κ1) is 14.7. The van der Waals surface area contributed by atoms with E-state index in [2.05, 4.69) is 20.3 Å². The maximum atomic E-state index is 13.8. The Morgan fingerprint density at radius 2 is 2.12 bits per heavy atom. The van der Waals surface area contributed by atoms with E-state index in [1.54, 1.807) is 39.0 Å². The van der Waals surface area contributed by atoms with Crippen LogP contribution in [0.1, 0.15) is 32.5 Å². The van der Waals surface area contributed by atoms with Gasteiger partial charge in [-0.3, -0.25) is 0 Å². The van der Waals surface area contributed by atoms with Crippen molar-refractivity contribution in [2.24, 2.45) is 4.40 Å². The van der Waals surface area contributed by atoms with Crippen LogP contribution in [-0.4, -0.2) is 15.5 Å². The van der Waals surface area contributed by atoms with Gasteiger partial charge in [-0.25, -0.2) is 4.39 Å². The van der Waals surface area contributed by atoms with Crippen LogP contribution in [0.15, 0.2) is 33.1 Å². The number of halogens is 2. The third-order valence-corrected chi connectivity index (χ3v) is 3.83. The molecule has 1 aromatic rings. The van der Waals surface area contributed by atoms with Crippen LogP contribution < -0.4 is 0 Å². The van der Waals surface area contributed by atoms with Gasteiger partial charge in [-0.05, 0) is 38.5 Å². The number of rotatable bonds is 3. The van der Waals surface area contributed by atoms with Gasteiger partial charge >= 0.3 is 0 Å². The van der Waals surface area contributed by atoms with E-state index < -0.39 is 22.3 Å². The molecule has 2 unspecified atom stereocenters. The summed E-state index contributed by atoms with van der Waals surface area (Å²) >= 11 is 1.85. The van der Waals surface area contributed by atoms with E-state index in [9.17, 15) is 8.94 Å². The number of nitrogens with zero attached hydrogens (tertiary/aromatic N) is 1. The summed E-state index contributed by atoms with van der Waals surface area (Å²) in [5.41, 5.74) is 0.494. The normalized spacial score (nSPS) is 16.1. The van der Waals surface area contributed by atoms with Crippen molar-refractivity contribution in [2.75, 3.05) is 0 Å². The maximum Gasteiger partial charge on any atom is 0.165 e. The number of alkyl halides is 1. The first-order valence-corrected chi connectivity index (χ1v) is 7.06. The van der Waals surface area contributed by atoms with Crippen LogP contribution in [0.25, 0.3) is 0 Å². The van der Waals surface area contributed by atoms with Crippen molar-refractivity contribution in [1.29, 1.82) is 0 Å². The minimum Gasteiger partial charge on any atom is -0.591 e. The molecule has 0 saturated heterocycles. The van der Waals surface area contributed by atoms with Crippen molar-refractivity contribution in [3.8, 4) is 0 Å². The molecule has 1 rings (SSSR count). The van der Waals surface area contributed by atoms with Gasteiger partial charge in [-0.2, -0.15) is 0 Å². The van der Waals surface area contributed by atoms with Gasteiger partial charge in [0.15, 0.2) is 6.17 Å². The van der Waals surface area contributed by atoms with Crippen LogP contribution >= 0.6 is 15.9 Å². The number of hydrogen-bond donors (Lipinski definition) is 0. The summed E-state index contributed by atoms with van der Waals surface area (Å²) in [7, 11) is 0. The topological polar surface area (TPSA) is 35.4 Å². The molecule has 17 heavy (non-hydrogen) atoms. The van der Waals surface area contributed by atoms with Crippen molar-refractivity contribution in [3.63, 3.8) is 0 Å². The lowest BCUT2D eigenvalue weighted by atomic mass is 10.1. The summed E-state index contributed by atoms with van der Waals surface area (Å²) in [6.07, 6.45) is -0.234. The lowest BCUT2D eigenvalue weighted by Crippen LogP contribution is -2.26. The quantitative estimate of drug-likeness (QED) is 0.612. The molecule has 0 heterocycles. The van der Waals surface area contributed by atoms with Crippen LogP contribution in [-0.2, 0) is 11.4 Å². The summed E-state index contributed by atoms with van der Waals surface area (Å²) in [6, 6.07) is 6.92. The Balaban J connectivity index is 2.73. The van der Waals surface area contributed by atoms with Gasteiger partial charge in [0, 0.05) is 4.47 Å². The Labute approximate surface area is 113 Å². The Kier molecular flexibility index (Phi) is 5.16. The number of hydrogen-bond acceptors (Lipinski definition) is 2. The van der Waals surface area contributed by atoms with Crippen molar-refractivity contribution in [1.82, 2.24) is 0 Å². The molecule has 0 N–H and O–H groups in total. The monoisotopic (exact) mass is 319 g/mol. The molecule has 0 amide bonds. The van der Waals surface area contributed by atoms with Gasteiger partial charge in [0.1, 0.15) is 16.1 Å². The summed E-state index contributed by atoms with van der Waals surface area (Å²) in [6.45, 7) is 5.40. The van der Waals surface area contributed by atoms with E-state index in [4.69, 9.17) is 0 Å². The number of benzene rings is 1. The van der Waals surface area contributed by atoms with E-state index in [1.165, 1.54) is 0 Å². The third-order valence-electron chi connectivity index (χ3n) is 1.98. The fourth-order valence-corrected chi connectivity index (χ4v) is 1.98. The highest BCUT2D eigenvalue weighted by atomic mass is 79.9. The van der Waals surface area contributed by atoms with Gasteiger partial charge in [-0.15, -0.1) is 0 Å². The van der Waals surface area contributed by atoms with Crippen LogP contribution in [0.3, 0.4) is 0 Å². The summed E-state index contributed by atoms with van der Waals surface area (Å²) in [4.78, 5) is 0. The van der Waals surface area contributed by atoms with Crippen molar-refractivity contribution >= 4 is 33.5 Å². The molecule has 0 aliphatic carbocycles. The molecule has 0 aliphatic rings. The van der Waals surface area contributed by atoms with E-state index in [-0.39, 0.29) is 0 Å². The Hall–Kier alpha value is -0.390. The summed E-state index contributed by atoms with van der Waals surface area (Å²) in [5, 5.41) is 0. The molecular weight excluding hydrogens is 305 g/mol. The van der Waals surface area contributed by atoms with Gasteiger partial charge in [0.25, 0.3) is 0 Å². The zero-order chi connectivity index (χ0) is 13.1. The molecule has 5 heteroatoms. The van der Waals surface area contributed by atoms with Crippen molar-refractivity contribution in [2.45, 2.75) is 31.7 Å². The molecule has 2 nitrogen and oxygen atoms in total. The van der Waals surface area contributed by atoms with Crippen LogP contribution in [0.2, 0.25) is 0 Å². The molecule has 1 aromatic carbocycles. The highest BCUT2D eigenvalue weighted by Crippen LogP contribution is 2.22. The zero-order valence-corrected chi connectivity index (χ0v) is 12.4. The molecule has 0 spiro atoms. The van der Waals surface area contributed by atoms with E-state index in [0.717, 1.165) is 10.7 Å². The second kappa shape index (κ2) is 5.98. The molecule has 0 aromatic heterocycles. The zero-order valence-electron chi connectivity index (χ0n) is 9.98. The lowest BCUT2D eigenvalue weighted by Gasteiger charge is -2.18. The Morgan fingerprint density at radius 3 is 2.65 bits per heavy atom. The molecule has 2 atom stereocenters. The summed E-state index contributed by atoms with van der Waals surface area (Å²) in [5.74, 6) is 0. The molecular formula is C12H15BrFNOS. The van der Waals surface area contributed by atoms with Crippen LogP contribution in [0, 0.1) is 0 Å². The van der Waals surface area contributed by atoms with Crippen LogP contribution in [0.5, 0.6) is 0 Å². The van der Waals surface area contributed by atoms with Gasteiger partial charge in [0.2, 0.25) is 0 Å². The largest absolute Gasteiger partial charge is 0.591 e. The minimum atomic E-state index is -1.42. The predicted molar refractivity (Wildman–Crippen MR) is 74.4 cm³/mol. The lowest BCUT2D eigenvalue weighted by molar-refractivity contribution is 0.446. The molecule has 0 radical (unpaired) electrons. The van der Waals surface area contributed by atoms with E-state index in [1.807, 2.05) is 6.07 Å². The fraction of sp³-hybridized carbons (Fsp3) is 0.417.